The SMILES string of the molecule is CC(=C\c1ccccc1)/C=C1/SC(=S)N(CCCC(=O)[O-])C1=O. The lowest BCUT2D eigenvalue weighted by atomic mass is 10.1. The van der Waals surface area contributed by atoms with Gasteiger partial charge < -0.3 is 9.90 Å². The first kappa shape index (κ1) is 17.4. The summed E-state index contributed by atoms with van der Waals surface area (Å²) in [6, 6.07) is 9.83. The summed E-state index contributed by atoms with van der Waals surface area (Å²) in [5.41, 5.74) is 2.01. The van der Waals surface area contributed by atoms with E-state index in [0.29, 0.717) is 22.2 Å². The van der Waals surface area contributed by atoms with E-state index in [2.05, 4.69) is 0 Å². The maximum absolute atomic E-state index is 12.3. The highest BCUT2D eigenvalue weighted by atomic mass is 32.2. The van der Waals surface area contributed by atoms with Crippen LogP contribution in [0, 0.1) is 0 Å². The Hall–Kier alpha value is -1.92. The molecule has 1 aromatic carbocycles. The van der Waals surface area contributed by atoms with E-state index in [4.69, 9.17) is 12.2 Å². The smallest absolute Gasteiger partial charge is 0.266 e. The fourth-order valence-corrected chi connectivity index (χ4v) is 3.49. The fraction of sp³-hybridized carbons (Fsp3) is 0.235. The Morgan fingerprint density at radius 3 is 2.70 bits per heavy atom. The van der Waals surface area contributed by atoms with Crippen molar-refractivity contribution in [2.45, 2.75) is 19.8 Å². The molecule has 6 heteroatoms. The third-order valence-corrected chi connectivity index (χ3v) is 4.57. The molecule has 0 atom stereocenters. The number of carboxylic acid groups (broad SMARTS) is 1. The molecule has 1 aliphatic heterocycles. The molecule has 0 aliphatic carbocycles. The maximum atomic E-state index is 12.3. The van der Waals surface area contributed by atoms with Crippen LogP contribution in [-0.2, 0) is 9.59 Å². The first-order valence-corrected chi connectivity index (χ1v) is 8.38. The zero-order valence-electron chi connectivity index (χ0n) is 12.7. The number of benzene rings is 1. The second-order valence-electron chi connectivity index (χ2n) is 5.11. The number of carbonyl (C=O) groups excluding carboxylic acids is 2. The van der Waals surface area contributed by atoms with Crippen molar-refractivity contribution in [2.24, 2.45) is 0 Å². The number of aliphatic carboxylic acids is 1. The van der Waals surface area contributed by atoms with E-state index in [1.54, 1.807) is 0 Å². The zero-order chi connectivity index (χ0) is 16.8. The molecule has 1 heterocycles. The van der Waals surface area contributed by atoms with Crippen molar-refractivity contribution in [1.82, 2.24) is 4.90 Å². The van der Waals surface area contributed by atoms with Crippen molar-refractivity contribution in [1.29, 1.82) is 0 Å². The molecule has 0 radical (unpaired) electrons. The number of carboxylic acids is 1. The molecule has 1 aromatic rings. The number of allylic oxidation sites excluding steroid dienone is 2. The fourth-order valence-electron chi connectivity index (χ4n) is 2.13. The van der Waals surface area contributed by atoms with E-state index in [0.717, 1.165) is 11.1 Å². The second kappa shape index (κ2) is 8.08. The van der Waals surface area contributed by atoms with Gasteiger partial charge in [-0.1, -0.05) is 60.4 Å². The quantitative estimate of drug-likeness (QED) is 0.585. The van der Waals surface area contributed by atoms with Crippen LogP contribution in [0.3, 0.4) is 0 Å². The van der Waals surface area contributed by atoms with E-state index in [9.17, 15) is 14.7 Å². The Balaban J connectivity index is 2.06. The molecule has 120 valence electrons. The molecule has 4 nitrogen and oxygen atoms in total. The molecule has 0 spiro atoms. The summed E-state index contributed by atoms with van der Waals surface area (Å²) in [6.07, 6.45) is 4.05. The number of thioether (sulfide) groups is 1. The Bertz CT molecular complexity index is 680. The van der Waals surface area contributed by atoms with E-state index < -0.39 is 5.97 Å². The van der Waals surface area contributed by atoms with Crippen LogP contribution in [0.15, 0.2) is 46.9 Å². The molecule has 0 aromatic heterocycles. The van der Waals surface area contributed by atoms with Crippen LogP contribution in [0.4, 0.5) is 0 Å². The van der Waals surface area contributed by atoms with Crippen molar-refractivity contribution in [2.75, 3.05) is 6.54 Å². The summed E-state index contributed by atoms with van der Waals surface area (Å²) < 4.78 is 0.465. The minimum atomic E-state index is -1.12. The van der Waals surface area contributed by atoms with Gasteiger partial charge in [0.1, 0.15) is 4.32 Å². The van der Waals surface area contributed by atoms with Crippen molar-refractivity contribution >= 4 is 46.3 Å². The van der Waals surface area contributed by atoms with Crippen LogP contribution < -0.4 is 5.11 Å². The molecule has 2 rings (SSSR count). The van der Waals surface area contributed by atoms with Crippen molar-refractivity contribution < 1.29 is 14.7 Å². The lowest BCUT2D eigenvalue weighted by molar-refractivity contribution is -0.305. The van der Waals surface area contributed by atoms with E-state index >= 15 is 0 Å². The number of carbonyl (C=O) groups is 2. The predicted molar refractivity (Wildman–Crippen MR) is 94.3 cm³/mol. The zero-order valence-corrected chi connectivity index (χ0v) is 14.3. The summed E-state index contributed by atoms with van der Waals surface area (Å²) in [6.45, 7) is 2.23. The van der Waals surface area contributed by atoms with Crippen molar-refractivity contribution in [3.63, 3.8) is 0 Å². The third kappa shape index (κ3) is 5.04. The maximum Gasteiger partial charge on any atom is 0.266 e. The van der Waals surface area contributed by atoms with Crippen molar-refractivity contribution in [3.05, 3.63) is 52.4 Å². The molecule has 1 fully saturated rings. The van der Waals surface area contributed by atoms with Crippen LogP contribution in [0.5, 0.6) is 0 Å². The Morgan fingerprint density at radius 1 is 1.35 bits per heavy atom. The number of nitrogens with zero attached hydrogens (tertiary/aromatic N) is 1. The van der Waals surface area contributed by atoms with Gasteiger partial charge in [-0.2, -0.15) is 0 Å². The highest BCUT2D eigenvalue weighted by Crippen LogP contribution is 2.32. The second-order valence-corrected chi connectivity index (χ2v) is 6.78. The van der Waals surface area contributed by atoms with Gasteiger partial charge in [-0.25, -0.2) is 0 Å². The predicted octanol–water partition coefficient (Wildman–Crippen LogP) is 2.36. The summed E-state index contributed by atoms with van der Waals surface area (Å²) in [5.74, 6) is -1.29. The van der Waals surface area contributed by atoms with Crippen LogP contribution in [0.1, 0.15) is 25.3 Å². The minimum absolute atomic E-state index is 0.0803. The average molecular weight is 346 g/mol. The minimum Gasteiger partial charge on any atom is -0.550 e. The highest BCUT2D eigenvalue weighted by molar-refractivity contribution is 8.26. The molecular weight excluding hydrogens is 330 g/mol. The Kier molecular flexibility index (Phi) is 6.12. The number of thiocarbonyl (C=S) groups is 1. The molecule has 0 N–H and O–H groups in total. The number of rotatable bonds is 6. The first-order valence-electron chi connectivity index (χ1n) is 7.16. The summed E-state index contributed by atoms with van der Waals surface area (Å²) in [4.78, 5) is 24.8. The number of hydrogen-bond donors (Lipinski definition) is 0. The normalized spacial score (nSPS) is 17.2. The molecule has 0 unspecified atom stereocenters. The monoisotopic (exact) mass is 346 g/mol. The van der Waals surface area contributed by atoms with Gasteiger partial charge in [-0.15, -0.1) is 0 Å². The van der Waals surface area contributed by atoms with Gasteiger partial charge in [-0.3, -0.25) is 9.69 Å². The van der Waals surface area contributed by atoms with Crippen molar-refractivity contribution in [3.8, 4) is 0 Å². The summed E-state index contributed by atoms with van der Waals surface area (Å²) in [7, 11) is 0. The molecule has 1 aliphatic rings. The number of amides is 1. The van der Waals surface area contributed by atoms with Gasteiger partial charge in [0.2, 0.25) is 0 Å². The molecule has 0 bridgehead atoms. The first-order chi connectivity index (χ1) is 11.0. The molecule has 1 amide bonds. The van der Waals surface area contributed by atoms with Gasteiger partial charge >= 0.3 is 0 Å². The molecular formula is C17H16NO3S2-. The third-order valence-electron chi connectivity index (χ3n) is 3.19. The molecule has 0 saturated carbocycles. The Labute approximate surface area is 144 Å². The largest absolute Gasteiger partial charge is 0.550 e. The lowest BCUT2D eigenvalue weighted by Gasteiger charge is -2.14. The topological polar surface area (TPSA) is 60.4 Å². The summed E-state index contributed by atoms with van der Waals surface area (Å²) >= 11 is 6.45. The highest BCUT2D eigenvalue weighted by Gasteiger charge is 2.31. The van der Waals surface area contributed by atoms with Crippen LogP contribution in [0.25, 0.3) is 6.08 Å². The van der Waals surface area contributed by atoms with Crippen LogP contribution in [0.2, 0.25) is 0 Å². The summed E-state index contributed by atoms with van der Waals surface area (Å²) in [5, 5.41) is 10.4. The standard InChI is InChI=1S/C17H17NO3S2/c1-12(10-13-6-3-2-4-7-13)11-14-16(21)18(17(22)23-14)9-5-8-15(19)20/h2-4,6-7,10-11H,5,8-9H2,1H3,(H,19,20)/p-1/b12-10+,14-11+. The van der Waals surface area contributed by atoms with Gasteiger partial charge in [-0.05, 0) is 37.0 Å². The Morgan fingerprint density at radius 2 is 2.04 bits per heavy atom. The van der Waals surface area contributed by atoms with Gasteiger partial charge in [0.05, 0.1) is 4.91 Å². The van der Waals surface area contributed by atoms with E-state index in [1.165, 1.54) is 16.7 Å². The molecule has 1 saturated heterocycles. The van der Waals surface area contributed by atoms with Gasteiger partial charge in [0.15, 0.2) is 0 Å². The van der Waals surface area contributed by atoms with E-state index in [-0.39, 0.29) is 12.3 Å². The van der Waals surface area contributed by atoms with Gasteiger partial charge in [0.25, 0.3) is 5.91 Å². The average Bonchev–Trinajstić information content (AvgIpc) is 2.75. The van der Waals surface area contributed by atoms with Crippen LogP contribution in [-0.4, -0.2) is 27.6 Å². The van der Waals surface area contributed by atoms with E-state index in [1.807, 2.05) is 49.4 Å². The number of hydrogen-bond acceptors (Lipinski definition) is 5. The lowest BCUT2D eigenvalue weighted by Crippen LogP contribution is -2.30. The molecule has 23 heavy (non-hydrogen) atoms. The van der Waals surface area contributed by atoms with Gasteiger partial charge in [0, 0.05) is 12.5 Å². The van der Waals surface area contributed by atoms with Crippen LogP contribution >= 0.6 is 24.0 Å².